The first kappa shape index (κ1) is 29.4. The molecule has 1 fully saturated rings. The largest absolute Gasteiger partial charge is 0.528 e. The van der Waals surface area contributed by atoms with E-state index in [9.17, 15) is 4.79 Å². The van der Waals surface area contributed by atoms with Gasteiger partial charge in [-0.05, 0) is 79.4 Å². The van der Waals surface area contributed by atoms with Crippen molar-refractivity contribution in [2.24, 2.45) is 0 Å². The van der Waals surface area contributed by atoms with E-state index >= 15 is 0 Å². The van der Waals surface area contributed by atoms with E-state index in [0.29, 0.717) is 42.9 Å². The Kier molecular flexibility index (Phi) is 8.63. The van der Waals surface area contributed by atoms with Gasteiger partial charge in [0, 0.05) is 12.5 Å². The molecule has 44 heavy (non-hydrogen) atoms. The molecule has 0 saturated carbocycles. The van der Waals surface area contributed by atoms with E-state index in [2.05, 4.69) is 40.5 Å². The van der Waals surface area contributed by atoms with Gasteiger partial charge in [0.1, 0.15) is 11.4 Å². The van der Waals surface area contributed by atoms with Crippen molar-refractivity contribution >= 4 is 16.9 Å². The summed E-state index contributed by atoms with van der Waals surface area (Å²) in [7, 11) is 0. The first-order valence-electron chi connectivity index (χ1n) is 14.6. The van der Waals surface area contributed by atoms with Gasteiger partial charge in [-0.2, -0.15) is 4.98 Å². The monoisotopic (exact) mass is 597 g/mol. The molecule has 1 aliphatic rings. The van der Waals surface area contributed by atoms with Gasteiger partial charge >= 0.3 is 6.16 Å². The Morgan fingerprint density at radius 3 is 2.57 bits per heavy atom. The van der Waals surface area contributed by atoms with Crippen LogP contribution in [0.2, 0.25) is 0 Å². The third kappa shape index (κ3) is 7.45. The highest BCUT2D eigenvalue weighted by molar-refractivity contribution is 5.82. The average Bonchev–Trinajstić information content (AvgIpc) is 3.71. The Morgan fingerprint density at radius 2 is 1.80 bits per heavy atom. The molecular weight excluding hydrogens is 562 g/mol. The van der Waals surface area contributed by atoms with Crippen molar-refractivity contribution < 1.29 is 32.8 Å². The molecule has 0 aliphatic carbocycles. The number of hydrogen-bond acceptors (Lipinski definition) is 10. The van der Waals surface area contributed by atoms with Crippen molar-refractivity contribution in [3.63, 3.8) is 0 Å². The van der Waals surface area contributed by atoms with Gasteiger partial charge in [-0.3, -0.25) is 0 Å². The fourth-order valence-electron chi connectivity index (χ4n) is 5.20. The molecule has 2 unspecified atom stereocenters. The van der Waals surface area contributed by atoms with E-state index in [-0.39, 0.29) is 18.6 Å². The van der Waals surface area contributed by atoms with E-state index < -0.39 is 11.8 Å². The van der Waals surface area contributed by atoms with Crippen molar-refractivity contribution in [2.45, 2.75) is 58.0 Å². The number of piperidine rings is 1. The maximum Gasteiger partial charge on any atom is 0.528 e. The van der Waals surface area contributed by atoms with Crippen molar-refractivity contribution in [1.29, 1.82) is 0 Å². The summed E-state index contributed by atoms with van der Waals surface area (Å²) in [5.41, 5.74) is 1.54. The van der Waals surface area contributed by atoms with Crippen LogP contribution in [-0.2, 0) is 27.5 Å². The fourth-order valence-corrected chi connectivity index (χ4v) is 5.20. The lowest BCUT2D eigenvalue weighted by Crippen LogP contribution is -2.45. The van der Waals surface area contributed by atoms with Crippen LogP contribution >= 0.6 is 0 Å². The van der Waals surface area contributed by atoms with Gasteiger partial charge in [0.05, 0.1) is 25.5 Å². The van der Waals surface area contributed by atoms with Gasteiger partial charge in [-0.1, -0.05) is 53.7 Å². The van der Waals surface area contributed by atoms with Gasteiger partial charge in [0.15, 0.2) is 12.4 Å². The Bertz CT molecular complexity index is 1680. The van der Waals surface area contributed by atoms with E-state index in [4.69, 9.17) is 28.0 Å². The predicted octanol–water partition coefficient (Wildman–Crippen LogP) is 7.30. The summed E-state index contributed by atoms with van der Waals surface area (Å²) in [6.45, 7) is 6.94. The number of benzene rings is 3. The number of hydroxylamine groups is 2. The minimum atomic E-state index is -0.719. The summed E-state index contributed by atoms with van der Waals surface area (Å²) < 4.78 is 28.4. The quantitative estimate of drug-likeness (QED) is 0.161. The molecule has 0 amide bonds. The number of carbonyl (C=O) groups excluding carboxylic acids is 1. The van der Waals surface area contributed by atoms with E-state index in [1.165, 1.54) is 5.39 Å². The van der Waals surface area contributed by atoms with Crippen LogP contribution < -0.4 is 4.74 Å². The number of furan rings is 1. The minimum absolute atomic E-state index is 0.0785. The Hall–Kier alpha value is -4.67. The molecular formula is C34H35N3O7. The molecule has 10 nitrogen and oxygen atoms in total. The number of hydrogen-bond donors (Lipinski definition) is 0. The molecule has 10 heteroatoms. The van der Waals surface area contributed by atoms with Crippen molar-refractivity contribution in [2.75, 3.05) is 13.1 Å². The molecule has 2 aromatic heterocycles. The minimum Gasteiger partial charge on any atom is -0.484 e. The summed E-state index contributed by atoms with van der Waals surface area (Å²) in [5, 5.41) is 7.91. The van der Waals surface area contributed by atoms with Crippen LogP contribution in [0.25, 0.3) is 22.4 Å². The average molecular weight is 598 g/mol. The molecule has 0 N–H and O–H groups in total. The molecule has 6 rings (SSSR count). The lowest BCUT2D eigenvalue weighted by Gasteiger charge is -2.37. The molecule has 228 valence electrons. The van der Waals surface area contributed by atoms with Crippen molar-refractivity contribution in [1.82, 2.24) is 15.2 Å². The number of nitrogens with zero attached hydrogens (tertiary/aromatic N) is 3. The molecule has 0 bridgehead atoms. The third-order valence-corrected chi connectivity index (χ3v) is 7.27. The van der Waals surface area contributed by atoms with Gasteiger partial charge < -0.3 is 28.0 Å². The molecule has 3 heterocycles. The second-order valence-electron chi connectivity index (χ2n) is 11.7. The summed E-state index contributed by atoms with van der Waals surface area (Å²) >= 11 is 0. The first-order chi connectivity index (χ1) is 21.3. The van der Waals surface area contributed by atoms with Gasteiger partial charge in [0.2, 0.25) is 5.82 Å². The Labute approximate surface area is 255 Å². The summed E-state index contributed by atoms with van der Waals surface area (Å²) in [6.07, 6.45) is 1.33. The third-order valence-electron chi connectivity index (χ3n) is 7.27. The summed E-state index contributed by atoms with van der Waals surface area (Å²) in [5.74, 6) is 2.01. The predicted molar refractivity (Wildman–Crippen MR) is 162 cm³/mol. The highest BCUT2D eigenvalue weighted by Crippen LogP contribution is 2.33. The molecule has 1 saturated heterocycles. The summed E-state index contributed by atoms with van der Waals surface area (Å²) in [4.78, 5) is 22.3. The van der Waals surface area contributed by atoms with Gasteiger partial charge in [-0.25, -0.2) is 4.79 Å². The SMILES string of the molecule is CC(C)(C)OC(=O)ON1CCC(c2ccc(OCc3nc(-c4ccco4)no3)cc2)C(OCc2ccc3ccccc3c2)C1. The van der Waals surface area contributed by atoms with E-state index in [1.54, 1.807) is 23.5 Å². The zero-order valence-electron chi connectivity index (χ0n) is 25.0. The molecule has 1 aliphatic heterocycles. The topological polar surface area (TPSA) is 109 Å². The maximum atomic E-state index is 12.4. The number of rotatable bonds is 9. The number of ether oxygens (including phenoxy) is 3. The number of carbonyl (C=O) groups is 1. The van der Waals surface area contributed by atoms with Gasteiger partial charge in [0.25, 0.3) is 5.89 Å². The highest BCUT2D eigenvalue weighted by Gasteiger charge is 2.34. The first-order valence-corrected chi connectivity index (χ1v) is 14.6. The normalized spacial score (nSPS) is 17.4. The smallest absolute Gasteiger partial charge is 0.484 e. The van der Waals surface area contributed by atoms with Crippen molar-refractivity contribution in [3.8, 4) is 17.3 Å². The molecule has 0 radical (unpaired) electrons. The lowest BCUT2D eigenvalue weighted by atomic mass is 9.87. The van der Waals surface area contributed by atoms with Crippen LogP contribution in [0, 0.1) is 0 Å². The second-order valence-corrected chi connectivity index (χ2v) is 11.7. The molecule has 0 spiro atoms. The van der Waals surface area contributed by atoms with Crippen molar-refractivity contribution in [3.05, 3.63) is 102 Å². The Morgan fingerprint density at radius 1 is 0.977 bits per heavy atom. The highest BCUT2D eigenvalue weighted by atomic mass is 16.8. The number of fused-ring (bicyclic) bond motifs is 1. The Balaban J connectivity index is 1.12. The lowest BCUT2D eigenvalue weighted by molar-refractivity contribution is -0.179. The zero-order valence-corrected chi connectivity index (χ0v) is 25.0. The van der Waals surface area contributed by atoms with Crippen LogP contribution in [0.3, 0.4) is 0 Å². The second kappa shape index (κ2) is 12.9. The van der Waals surface area contributed by atoms with E-state index in [1.807, 2.05) is 57.2 Å². The fraction of sp³-hybridized carbons (Fsp3) is 0.324. The zero-order chi connectivity index (χ0) is 30.5. The standard InChI is InChI=1S/C34H35N3O7/c1-34(2,3)42-33(38)44-37-17-16-28(30(20-37)41-21-23-10-11-24-7-4-5-8-26(24)19-23)25-12-14-27(15-13-25)40-22-31-35-32(36-43-31)29-9-6-18-39-29/h4-15,18-19,28,30H,16-17,20-22H2,1-3H3. The maximum absolute atomic E-state index is 12.4. The van der Waals surface area contributed by atoms with Crippen LogP contribution in [0.5, 0.6) is 5.75 Å². The van der Waals surface area contributed by atoms with Crippen LogP contribution in [-0.4, -0.2) is 46.2 Å². The van der Waals surface area contributed by atoms with Crippen LogP contribution in [0.4, 0.5) is 4.79 Å². The molecule has 5 aromatic rings. The van der Waals surface area contributed by atoms with Gasteiger partial charge in [-0.15, -0.1) is 5.06 Å². The van der Waals surface area contributed by atoms with E-state index in [0.717, 1.165) is 22.9 Å². The summed E-state index contributed by atoms with van der Waals surface area (Å²) in [6, 6.07) is 26.0. The van der Waals surface area contributed by atoms with Crippen LogP contribution in [0.15, 0.2) is 94.1 Å². The van der Waals surface area contributed by atoms with Crippen LogP contribution in [0.1, 0.15) is 50.1 Å². The number of aromatic nitrogens is 2. The molecule has 3 aromatic carbocycles. The molecule has 2 atom stereocenters.